The molecule has 2 amide bonds. The zero-order chi connectivity index (χ0) is 24.1. The van der Waals surface area contributed by atoms with Crippen molar-refractivity contribution in [3.05, 3.63) is 103 Å². The lowest BCUT2D eigenvalue weighted by Gasteiger charge is -2.21. The lowest BCUT2D eigenvalue weighted by atomic mass is 10.1. The van der Waals surface area contributed by atoms with Gasteiger partial charge >= 0.3 is 0 Å². The fraction of sp³-hybridized carbons (Fsp3) is 0.136. The third-order valence-corrected chi connectivity index (χ3v) is 5.87. The molecule has 3 heterocycles. The monoisotopic (exact) mass is 500 g/mol. The van der Waals surface area contributed by atoms with Crippen LogP contribution in [0.15, 0.2) is 69.2 Å². The molecule has 0 aliphatic heterocycles. The first kappa shape index (κ1) is 23.2. The normalized spacial score (nSPS) is 10.7. The first-order chi connectivity index (χ1) is 16.4. The summed E-state index contributed by atoms with van der Waals surface area (Å²) in [5, 5.41) is 15.8. The molecule has 0 radical (unpaired) electrons. The van der Waals surface area contributed by atoms with Gasteiger partial charge < -0.3 is 19.1 Å². The first-order valence-electron chi connectivity index (χ1n) is 9.91. The van der Waals surface area contributed by atoms with E-state index in [0.29, 0.717) is 16.5 Å². The number of nitrogens with one attached hydrogen (secondary N) is 1. The van der Waals surface area contributed by atoms with Gasteiger partial charge in [-0.25, -0.2) is 4.98 Å². The molecule has 0 fully saturated rings. The van der Waals surface area contributed by atoms with Crippen molar-refractivity contribution in [3.63, 3.8) is 0 Å². The van der Waals surface area contributed by atoms with E-state index in [9.17, 15) is 19.7 Å². The van der Waals surface area contributed by atoms with Crippen LogP contribution in [0.5, 0.6) is 0 Å². The lowest BCUT2D eigenvalue weighted by molar-refractivity contribution is -0.384. The van der Waals surface area contributed by atoms with E-state index < -0.39 is 10.8 Å². The Morgan fingerprint density at radius 3 is 2.50 bits per heavy atom. The zero-order valence-electron chi connectivity index (χ0n) is 17.5. The number of thiazole rings is 1. The van der Waals surface area contributed by atoms with E-state index >= 15 is 0 Å². The number of nitro groups is 1. The molecule has 34 heavy (non-hydrogen) atoms. The minimum absolute atomic E-state index is 0.0409. The van der Waals surface area contributed by atoms with Crippen molar-refractivity contribution >= 4 is 40.4 Å². The quantitative estimate of drug-likeness (QED) is 0.261. The molecule has 174 valence electrons. The Morgan fingerprint density at radius 2 is 1.85 bits per heavy atom. The van der Waals surface area contributed by atoms with Gasteiger partial charge in [0, 0.05) is 17.5 Å². The molecule has 0 atom stereocenters. The minimum atomic E-state index is -0.589. The fourth-order valence-corrected chi connectivity index (χ4v) is 4.12. The third-order valence-electron chi connectivity index (χ3n) is 4.72. The summed E-state index contributed by atoms with van der Waals surface area (Å²) < 4.78 is 10.6. The Hall–Kier alpha value is -3.96. The van der Waals surface area contributed by atoms with Crippen molar-refractivity contribution in [2.45, 2.75) is 19.6 Å². The largest absolute Gasteiger partial charge is 0.467 e. The zero-order valence-corrected chi connectivity index (χ0v) is 19.0. The minimum Gasteiger partial charge on any atom is -0.467 e. The van der Waals surface area contributed by atoms with E-state index in [1.807, 2.05) is 0 Å². The number of amides is 2. The van der Waals surface area contributed by atoms with Gasteiger partial charge in [0.05, 0.1) is 47.7 Å². The molecule has 0 unspecified atom stereocenters. The molecule has 1 N–H and O–H groups in total. The molecule has 4 rings (SSSR count). The van der Waals surface area contributed by atoms with Crippen LogP contribution in [0.3, 0.4) is 0 Å². The van der Waals surface area contributed by atoms with Crippen LogP contribution in [0.4, 0.5) is 5.69 Å². The van der Waals surface area contributed by atoms with Crippen molar-refractivity contribution in [2.24, 2.45) is 0 Å². The van der Waals surface area contributed by atoms with E-state index in [1.165, 1.54) is 40.9 Å². The second kappa shape index (κ2) is 10.3. The van der Waals surface area contributed by atoms with Crippen LogP contribution < -0.4 is 5.32 Å². The second-order valence-corrected chi connectivity index (χ2v) is 8.40. The number of carbonyl (C=O) groups excluding carboxylic acids is 2. The van der Waals surface area contributed by atoms with Crippen molar-refractivity contribution in [2.75, 3.05) is 0 Å². The summed E-state index contributed by atoms with van der Waals surface area (Å²) in [5.41, 5.74) is 0.0985. The highest BCUT2D eigenvalue weighted by Crippen LogP contribution is 2.25. The van der Waals surface area contributed by atoms with E-state index in [1.54, 1.807) is 29.6 Å². The number of carbonyl (C=O) groups is 2. The molecule has 3 aromatic heterocycles. The first-order valence-corrected chi connectivity index (χ1v) is 11.2. The van der Waals surface area contributed by atoms with E-state index in [2.05, 4.69) is 10.3 Å². The number of benzene rings is 1. The maximum absolute atomic E-state index is 13.3. The number of hydrogen-bond acceptors (Lipinski definition) is 8. The van der Waals surface area contributed by atoms with Crippen molar-refractivity contribution in [3.8, 4) is 0 Å². The summed E-state index contributed by atoms with van der Waals surface area (Å²) in [4.78, 5) is 41.9. The van der Waals surface area contributed by atoms with Gasteiger partial charge in [-0.1, -0.05) is 11.6 Å². The van der Waals surface area contributed by atoms with Crippen LogP contribution >= 0.6 is 22.9 Å². The molecule has 0 saturated carbocycles. The standard InChI is InChI=1S/C22H17ClN4O6S/c23-18-9-14(27(30)31)5-6-17(18)22(29)26(11-16-4-2-8-33-16)12-20-25-19(13-34-20)21(28)24-10-15-3-1-7-32-15/h1-9,13H,10-12H2,(H,24,28). The van der Waals surface area contributed by atoms with Crippen LogP contribution in [0, 0.1) is 10.1 Å². The Balaban J connectivity index is 1.51. The third kappa shape index (κ3) is 5.50. The number of rotatable bonds is 9. The number of furan rings is 2. The smallest absolute Gasteiger partial charge is 0.271 e. The average Bonchev–Trinajstić information content (AvgIpc) is 3.60. The second-order valence-electron chi connectivity index (χ2n) is 7.05. The van der Waals surface area contributed by atoms with Gasteiger partial charge in [-0.15, -0.1) is 11.3 Å². The number of non-ortho nitro benzene ring substituents is 1. The van der Waals surface area contributed by atoms with Crippen LogP contribution in [-0.2, 0) is 19.6 Å². The molecule has 1 aromatic carbocycles. The molecule has 0 aliphatic carbocycles. The summed E-state index contributed by atoms with van der Waals surface area (Å²) in [6.45, 7) is 0.405. The van der Waals surface area contributed by atoms with Gasteiger partial charge in [-0.2, -0.15) is 0 Å². The van der Waals surface area contributed by atoms with Crippen LogP contribution in [0.25, 0.3) is 0 Å². The predicted molar refractivity (Wildman–Crippen MR) is 122 cm³/mol. The average molecular weight is 501 g/mol. The highest BCUT2D eigenvalue weighted by Gasteiger charge is 2.23. The van der Waals surface area contributed by atoms with Crippen molar-refractivity contribution < 1.29 is 23.3 Å². The number of nitrogens with zero attached hydrogens (tertiary/aromatic N) is 3. The summed E-state index contributed by atoms with van der Waals surface area (Å²) in [6.07, 6.45) is 3.01. The van der Waals surface area contributed by atoms with Gasteiger partial charge in [-0.3, -0.25) is 19.7 Å². The van der Waals surface area contributed by atoms with Crippen molar-refractivity contribution in [1.29, 1.82) is 0 Å². The molecule has 0 aliphatic rings. The number of nitro benzene ring substituents is 1. The van der Waals surface area contributed by atoms with Gasteiger partial charge in [0.1, 0.15) is 22.2 Å². The van der Waals surface area contributed by atoms with E-state index in [4.69, 9.17) is 20.4 Å². The number of hydrogen-bond donors (Lipinski definition) is 1. The summed E-state index contributed by atoms with van der Waals surface area (Å²) in [5.74, 6) is 0.301. The molecule has 0 bridgehead atoms. The lowest BCUT2D eigenvalue weighted by Crippen LogP contribution is -2.30. The maximum atomic E-state index is 13.3. The molecule has 0 saturated heterocycles. The van der Waals surface area contributed by atoms with Gasteiger partial charge in [-0.05, 0) is 30.3 Å². The molecule has 4 aromatic rings. The molecule has 0 spiro atoms. The maximum Gasteiger partial charge on any atom is 0.271 e. The van der Waals surface area contributed by atoms with Crippen LogP contribution in [0.1, 0.15) is 37.4 Å². The highest BCUT2D eigenvalue weighted by atomic mass is 35.5. The molecule has 10 nitrogen and oxygen atoms in total. The Labute approximate surface area is 201 Å². The molecular weight excluding hydrogens is 484 g/mol. The molecular formula is C22H17ClN4O6S. The summed E-state index contributed by atoms with van der Waals surface area (Å²) >= 11 is 7.39. The SMILES string of the molecule is O=C(NCc1ccco1)c1csc(CN(Cc2ccco2)C(=O)c2ccc([N+](=O)[O-])cc2Cl)n1. The Bertz CT molecular complexity index is 1300. The number of halogens is 1. The van der Waals surface area contributed by atoms with Gasteiger partial charge in [0.25, 0.3) is 17.5 Å². The highest BCUT2D eigenvalue weighted by molar-refractivity contribution is 7.09. The van der Waals surface area contributed by atoms with Crippen LogP contribution in [-0.4, -0.2) is 26.6 Å². The topological polar surface area (TPSA) is 132 Å². The van der Waals surface area contributed by atoms with Crippen molar-refractivity contribution in [1.82, 2.24) is 15.2 Å². The van der Waals surface area contributed by atoms with Gasteiger partial charge in [0.15, 0.2) is 0 Å². The Morgan fingerprint density at radius 1 is 1.12 bits per heavy atom. The molecule has 12 heteroatoms. The Kier molecular flexibility index (Phi) is 7.04. The predicted octanol–water partition coefficient (Wildman–Crippen LogP) is 4.66. The van der Waals surface area contributed by atoms with Crippen LogP contribution in [0.2, 0.25) is 5.02 Å². The summed E-state index contributed by atoms with van der Waals surface area (Å²) in [7, 11) is 0. The summed E-state index contributed by atoms with van der Waals surface area (Å²) in [6, 6.07) is 10.5. The van der Waals surface area contributed by atoms with E-state index in [-0.39, 0.29) is 47.5 Å². The van der Waals surface area contributed by atoms with E-state index in [0.717, 1.165) is 6.07 Å². The fourth-order valence-electron chi connectivity index (χ4n) is 3.07. The van der Waals surface area contributed by atoms with Gasteiger partial charge in [0.2, 0.25) is 0 Å². The number of aromatic nitrogens is 1.